The van der Waals surface area contributed by atoms with Crippen molar-refractivity contribution in [2.75, 3.05) is 18.0 Å². The van der Waals surface area contributed by atoms with Crippen LogP contribution in [0.25, 0.3) is 16.6 Å². The number of rotatable bonds is 5. The molecule has 0 atom stereocenters. The summed E-state index contributed by atoms with van der Waals surface area (Å²) in [4.78, 5) is 33.6. The van der Waals surface area contributed by atoms with Crippen molar-refractivity contribution in [1.82, 2.24) is 14.9 Å². The molecule has 6 heteroatoms. The van der Waals surface area contributed by atoms with Crippen molar-refractivity contribution in [1.29, 1.82) is 0 Å². The van der Waals surface area contributed by atoms with Crippen LogP contribution in [0.4, 0.5) is 5.95 Å². The van der Waals surface area contributed by atoms with Crippen molar-refractivity contribution in [3.05, 3.63) is 99.3 Å². The van der Waals surface area contributed by atoms with E-state index in [0.29, 0.717) is 29.0 Å². The SMILES string of the molecule is Cc1ccc(-n2c(N3CCCC3)nc3cc(C(=O)NCc4ccccc4C)ccc3c2=O)cc1. The highest BCUT2D eigenvalue weighted by molar-refractivity contribution is 5.97. The van der Waals surface area contributed by atoms with Gasteiger partial charge in [0.1, 0.15) is 0 Å². The third-order valence-corrected chi connectivity index (χ3v) is 6.50. The number of carbonyl (C=O) groups excluding carboxylic acids is 1. The van der Waals surface area contributed by atoms with E-state index in [2.05, 4.69) is 10.2 Å². The third-order valence-electron chi connectivity index (χ3n) is 6.50. The van der Waals surface area contributed by atoms with Gasteiger partial charge in [0.2, 0.25) is 5.95 Å². The van der Waals surface area contributed by atoms with E-state index in [1.807, 2.05) is 62.4 Å². The van der Waals surface area contributed by atoms with Gasteiger partial charge in [0.15, 0.2) is 0 Å². The van der Waals surface area contributed by atoms with E-state index >= 15 is 0 Å². The molecule has 0 radical (unpaired) electrons. The highest BCUT2D eigenvalue weighted by Crippen LogP contribution is 2.24. The fourth-order valence-corrected chi connectivity index (χ4v) is 4.46. The predicted octanol–water partition coefficient (Wildman–Crippen LogP) is 4.53. The zero-order valence-corrected chi connectivity index (χ0v) is 19.5. The Morgan fingerprint density at radius 1 is 0.971 bits per heavy atom. The van der Waals surface area contributed by atoms with Crippen molar-refractivity contribution in [3.8, 4) is 5.69 Å². The summed E-state index contributed by atoms with van der Waals surface area (Å²) in [7, 11) is 0. The summed E-state index contributed by atoms with van der Waals surface area (Å²) in [5, 5.41) is 3.49. The van der Waals surface area contributed by atoms with Crippen LogP contribution < -0.4 is 15.8 Å². The first-order valence-corrected chi connectivity index (χ1v) is 11.7. The summed E-state index contributed by atoms with van der Waals surface area (Å²) in [6.45, 7) is 6.23. The van der Waals surface area contributed by atoms with Crippen LogP contribution in [-0.2, 0) is 6.54 Å². The molecular weight excluding hydrogens is 424 g/mol. The molecule has 0 aliphatic carbocycles. The maximum atomic E-state index is 13.6. The molecule has 3 aromatic carbocycles. The highest BCUT2D eigenvalue weighted by atomic mass is 16.1. The predicted molar refractivity (Wildman–Crippen MR) is 136 cm³/mol. The van der Waals surface area contributed by atoms with Crippen molar-refractivity contribution < 1.29 is 4.79 Å². The highest BCUT2D eigenvalue weighted by Gasteiger charge is 2.21. The van der Waals surface area contributed by atoms with Gasteiger partial charge in [-0.15, -0.1) is 0 Å². The van der Waals surface area contributed by atoms with E-state index in [1.165, 1.54) is 0 Å². The maximum absolute atomic E-state index is 13.6. The Labute approximate surface area is 198 Å². The van der Waals surface area contributed by atoms with Crippen LogP contribution in [0.3, 0.4) is 0 Å². The Bertz CT molecular complexity index is 1420. The van der Waals surface area contributed by atoms with E-state index < -0.39 is 0 Å². The smallest absolute Gasteiger partial charge is 0.267 e. The first-order valence-electron chi connectivity index (χ1n) is 11.7. The summed E-state index contributed by atoms with van der Waals surface area (Å²) in [5.74, 6) is 0.453. The van der Waals surface area contributed by atoms with Gasteiger partial charge < -0.3 is 10.2 Å². The Morgan fingerprint density at radius 2 is 1.71 bits per heavy atom. The number of benzene rings is 3. The Kier molecular flexibility index (Phi) is 5.88. The Hall–Kier alpha value is -3.93. The zero-order valence-electron chi connectivity index (χ0n) is 19.5. The van der Waals surface area contributed by atoms with Crippen LogP contribution in [-0.4, -0.2) is 28.5 Å². The molecule has 0 bridgehead atoms. The summed E-state index contributed by atoms with van der Waals surface area (Å²) in [6, 6.07) is 21.0. The molecule has 6 nitrogen and oxygen atoms in total. The van der Waals surface area contributed by atoms with Crippen LogP contribution in [0.15, 0.2) is 71.5 Å². The monoisotopic (exact) mass is 452 g/mol. The van der Waals surface area contributed by atoms with Gasteiger partial charge in [-0.1, -0.05) is 42.0 Å². The number of carbonyl (C=O) groups is 1. The van der Waals surface area contributed by atoms with E-state index in [4.69, 9.17) is 4.98 Å². The number of hydrogen-bond acceptors (Lipinski definition) is 4. The fourth-order valence-electron chi connectivity index (χ4n) is 4.46. The van der Waals surface area contributed by atoms with Gasteiger partial charge >= 0.3 is 0 Å². The first kappa shape index (κ1) is 21.9. The summed E-state index contributed by atoms with van der Waals surface area (Å²) >= 11 is 0. The van der Waals surface area contributed by atoms with Crippen LogP contribution in [0, 0.1) is 13.8 Å². The molecule has 34 heavy (non-hydrogen) atoms. The van der Waals surface area contributed by atoms with E-state index in [0.717, 1.165) is 48.3 Å². The average molecular weight is 453 g/mol. The number of nitrogens with one attached hydrogen (secondary N) is 1. The number of amides is 1. The van der Waals surface area contributed by atoms with E-state index in [9.17, 15) is 9.59 Å². The van der Waals surface area contributed by atoms with E-state index in [1.54, 1.807) is 22.8 Å². The number of aromatic nitrogens is 2. The number of nitrogens with zero attached hydrogens (tertiary/aromatic N) is 3. The number of fused-ring (bicyclic) bond motifs is 1. The number of hydrogen-bond donors (Lipinski definition) is 1. The van der Waals surface area contributed by atoms with Crippen molar-refractivity contribution >= 4 is 22.8 Å². The lowest BCUT2D eigenvalue weighted by atomic mass is 10.1. The molecule has 4 aromatic rings. The van der Waals surface area contributed by atoms with Gasteiger partial charge in [-0.3, -0.25) is 9.59 Å². The molecule has 0 spiro atoms. The third kappa shape index (κ3) is 4.19. The quantitative estimate of drug-likeness (QED) is 0.483. The zero-order chi connectivity index (χ0) is 23.7. The molecule has 1 saturated heterocycles. The molecule has 1 aliphatic heterocycles. The lowest BCUT2D eigenvalue weighted by Gasteiger charge is -2.22. The van der Waals surface area contributed by atoms with Gasteiger partial charge in [-0.25, -0.2) is 9.55 Å². The number of anilines is 1. The van der Waals surface area contributed by atoms with Crippen LogP contribution in [0.5, 0.6) is 0 Å². The Balaban J connectivity index is 1.54. The normalized spacial score (nSPS) is 13.4. The molecule has 2 heterocycles. The topological polar surface area (TPSA) is 67.2 Å². The minimum Gasteiger partial charge on any atom is -0.348 e. The van der Waals surface area contributed by atoms with Gasteiger partial charge in [-0.2, -0.15) is 0 Å². The second-order valence-electron chi connectivity index (χ2n) is 8.92. The molecule has 1 N–H and O–H groups in total. The van der Waals surface area contributed by atoms with Crippen molar-refractivity contribution in [3.63, 3.8) is 0 Å². The molecule has 5 rings (SSSR count). The summed E-state index contributed by atoms with van der Waals surface area (Å²) < 4.78 is 1.70. The van der Waals surface area contributed by atoms with Gasteiger partial charge in [0, 0.05) is 25.2 Å². The van der Waals surface area contributed by atoms with Gasteiger partial charge in [-0.05, 0) is 68.1 Å². The lowest BCUT2D eigenvalue weighted by molar-refractivity contribution is 0.0951. The fraction of sp³-hybridized carbons (Fsp3) is 0.250. The molecule has 0 saturated carbocycles. The molecule has 0 unspecified atom stereocenters. The van der Waals surface area contributed by atoms with E-state index in [-0.39, 0.29) is 11.5 Å². The molecule has 1 fully saturated rings. The minimum absolute atomic E-state index is 0.123. The summed E-state index contributed by atoms with van der Waals surface area (Å²) in [6.07, 6.45) is 2.15. The van der Waals surface area contributed by atoms with Crippen LogP contribution in [0.1, 0.15) is 39.9 Å². The van der Waals surface area contributed by atoms with Crippen molar-refractivity contribution in [2.24, 2.45) is 0 Å². The van der Waals surface area contributed by atoms with Crippen molar-refractivity contribution in [2.45, 2.75) is 33.2 Å². The second-order valence-corrected chi connectivity index (χ2v) is 8.92. The van der Waals surface area contributed by atoms with Crippen LogP contribution >= 0.6 is 0 Å². The lowest BCUT2D eigenvalue weighted by Crippen LogP contribution is -2.30. The standard InChI is InChI=1S/C28H28N4O2/c1-19-9-12-23(13-10-19)32-27(34)24-14-11-21(17-25(24)30-28(32)31-15-5-6-16-31)26(33)29-18-22-8-4-3-7-20(22)2/h3-4,7-14,17H,5-6,15-16,18H2,1-2H3,(H,29,33). The Morgan fingerprint density at radius 3 is 2.44 bits per heavy atom. The van der Waals surface area contributed by atoms with Gasteiger partial charge in [0.25, 0.3) is 11.5 Å². The number of aryl methyl sites for hydroxylation is 2. The average Bonchev–Trinajstić information content (AvgIpc) is 3.39. The molecule has 1 amide bonds. The largest absolute Gasteiger partial charge is 0.348 e. The first-order chi connectivity index (χ1) is 16.5. The second kappa shape index (κ2) is 9.14. The summed E-state index contributed by atoms with van der Waals surface area (Å²) in [5.41, 5.74) is 5.05. The molecule has 172 valence electrons. The van der Waals surface area contributed by atoms with Crippen LogP contribution in [0.2, 0.25) is 0 Å². The van der Waals surface area contributed by atoms with Gasteiger partial charge in [0.05, 0.1) is 16.6 Å². The maximum Gasteiger partial charge on any atom is 0.267 e. The minimum atomic E-state index is -0.183. The molecule has 1 aliphatic rings. The molecule has 1 aromatic heterocycles. The molecular formula is C28H28N4O2.